The van der Waals surface area contributed by atoms with E-state index in [0.29, 0.717) is 25.3 Å². The molecule has 1 spiro atoms. The summed E-state index contributed by atoms with van der Waals surface area (Å²) in [7, 11) is 0. The molecule has 0 aliphatic carbocycles. The minimum atomic E-state index is -0.697. The van der Waals surface area contributed by atoms with E-state index >= 15 is 0 Å². The van der Waals surface area contributed by atoms with E-state index in [0.717, 1.165) is 31.4 Å². The Balaban J connectivity index is 1.63. The molecule has 3 aliphatic heterocycles. The summed E-state index contributed by atoms with van der Waals surface area (Å²) in [6.45, 7) is 8.97. The lowest BCUT2D eigenvalue weighted by Crippen LogP contribution is -2.58. The first-order valence-electron chi connectivity index (χ1n) is 13.8. The molecule has 204 valence electrons. The zero-order valence-electron chi connectivity index (χ0n) is 22.4. The third-order valence-corrected chi connectivity index (χ3v) is 10.4. The maximum absolute atomic E-state index is 14.1. The number of rotatable bonds is 12. The lowest BCUT2D eigenvalue weighted by Gasteiger charge is -2.40. The summed E-state index contributed by atoms with van der Waals surface area (Å²) in [5.74, 6) is -0.826. The van der Waals surface area contributed by atoms with Gasteiger partial charge in [0.2, 0.25) is 17.7 Å². The van der Waals surface area contributed by atoms with Gasteiger partial charge in [-0.1, -0.05) is 33.6 Å². The van der Waals surface area contributed by atoms with E-state index in [2.05, 4.69) is 24.5 Å². The number of fused-ring (bicyclic) bond motifs is 1. The third kappa shape index (κ3) is 4.85. The van der Waals surface area contributed by atoms with Crippen molar-refractivity contribution < 1.29 is 24.2 Å². The molecule has 8 nitrogen and oxygen atoms in total. The maximum Gasteiger partial charge on any atom is 0.244 e. The van der Waals surface area contributed by atoms with Crippen molar-refractivity contribution in [3.05, 3.63) is 24.3 Å². The first-order chi connectivity index (χ1) is 17.8. The van der Waals surface area contributed by atoms with E-state index < -0.39 is 28.7 Å². The molecule has 1 aromatic carbocycles. The molecule has 4 rings (SSSR count). The van der Waals surface area contributed by atoms with E-state index in [1.807, 2.05) is 26.0 Å². The number of likely N-dealkylation sites (tertiary alicyclic amines) is 1. The minimum absolute atomic E-state index is 0.0293. The summed E-state index contributed by atoms with van der Waals surface area (Å²) < 4.78 is 4.81. The van der Waals surface area contributed by atoms with Gasteiger partial charge in [0.05, 0.1) is 35.8 Å². The fourth-order valence-corrected chi connectivity index (χ4v) is 8.98. The molecule has 3 amide bonds. The molecule has 3 aliphatic rings. The molecular formula is C28H41N3O5S. The van der Waals surface area contributed by atoms with Crippen LogP contribution < -0.4 is 15.4 Å². The van der Waals surface area contributed by atoms with E-state index in [1.165, 1.54) is 0 Å². The lowest BCUT2D eigenvalue weighted by atomic mass is 9.66. The molecular weight excluding hydrogens is 490 g/mol. The zero-order chi connectivity index (χ0) is 26.7. The highest BCUT2D eigenvalue weighted by Crippen LogP contribution is 2.68. The molecule has 0 aromatic heterocycles. The summed E-state index contributed by atoms with van der Waals surface area (Å²) >= 11 is 1.65. The number of aliphatic hydroxyl groups is 1. The van der Waals surface area contributed by atoms with Crippen LogP contribution in [0.15, 0.2) is 24.3 Å². The van der Waals surface area contributed by atoms with Crippen LogP contribution in [0.3, 0.4) is 0 Å². The summed E-state index contributed by atoms with van der Waals surface area (Å²) in [5.41, 5.74) is 0.651. The van der Waals surface area contributed by atoms with Gasteiger partial charge in [-0.05, 0) is 56.4 Å². The van der Waals surface area contributed by atoms with Crippen molar-refractivity contribution in [2.75, 3.05) is 25.1 Å². The largest absolute Gasteiger partial charge is 0.494 e. The summed E-state index contributed by atoms with van der Waals surface area (Å²) in [4.78, 5) is 43.1. The van der Waals surface area contributed by atoms with Crippen LogP contribution in [0.25, 0.3) is 0 Å². The second-order valence-electron chi connectivity index (χ2n) is 10.5. The van der Waals surface area contributed by atoms with Crippen LogP contribution in [-0.4, -0.2) is 69.6 Å². The van der Waals surface area contributed by atoms with Crippen molar-refractivity contribution >= 4 is 35.2 Å². The molecule has 3 fully saturated rings. The highest BCUT2D eigenvalue weighted by molar-refractivity contribution is 8.02. The van der Waals surface area contributed by atoms with Crippen molar-refractivity contribution in [3.8, 4) is 5.75 Å². The van der Waals surface area contributed by atoms with Gasteiger partial charge in [0.15, 0.2) is 0 Å². The SMILES string of the molecule is CCCCCNC(=O)C1N([C@@H](CC)CO)C(=O)[C@@H]2[C@@H](C(=O)Nc3ccc(OCC)cc3)[C@H]3CC(C)C12S3. The van der Waals surface area contributed by atoms with Crippen LogP contribution in [0.1, 0.15) is 59.8 Å². The van der Waals surface area contributed by atoms with E-state index in [1.54, 1.807) is 28.8 Å². The molecule has 9 heteroatoms. The fraction of sp³-hybridized carbons (Fsp3) is 0.679. The first kappa shape index (κ1) is 27.8. The summed E-state index contributed by atoms with van der Waals surface area (Å²) in [6.07, 6.45) is 4.28. The Bertz CT molecular complexity index is 985. The number of benzene rings is 1. The van der Waals surface area contributed by atoms with Gasteiger partial charge in [0, 0.05) is 17.5 Å². The minimum Gasteiger partial charge on any atom is -0.494 e. The molecule has 1 aromatic rings. The molecule has 0 saturated carbocycles. The number of nitrogens with one attached hydrogen (secondary N) is 2. The Kier molecular flexibility index (Phi) is 8.74. The number of anilines is 1. The molecule has 3 saturated heterocycles. The highest BCUT2D eigenvalue weighted by Gasteiger charge is 2.76. The number of ether oxygens (including phenoxy) is 1. The van der Waals surface area contributed by atoms with Crippen molar-refractivity contribution in [3.63, 3.8) is 0 Å². The number of hydrogen-bond donors (Lipinski definition) is 3. The summed E-state index contributed by atoms with van der Waals surface area (Å²) in [6, 6.07) is 6.07. The quantitative estimate of drug-likeness (QED) is 0.357. The van der Waals surface area contributed by atoms with Gasteiger partial charge >= 0.3 is 0 Å². The molecule has 3 unspecified atom stereocenters. The van der Waals surface area contributed by atoms with E-state index in [4.69, 9.17) is 4.74 Å². The van der Waals surface area contributed by atoms with Gasteiger partial charge in [0.1, 0.15) is 11.8 Å². The Morgan fingerprint density at radius 1 is 1.19 bits per heavy atom. The number of carbonyl (C=O) groups excluding carboxylic acids is 3. The van der Waals surface area contributed by atoms with Crippen LogP contribution in [0.2, 0.25) is 0 Å². The van der Waals surface area contributed by atoms with E-state index in [9.17, 15) is 19.5 Å². The highest BCUT2D eigenvalue weighted by atomic mass is 32.2. The number of carbonyl (C=O) groups is 3. The Morgan fingerprint density at radius 2 is 1.92 bits per heavy atom. The van der Waals surface area contributed by atoms with Crippen molar-refractivity contribution in [1.29, 1.82) is 0 Å². The number of hydrogen-bond acceptors (Lipinski definition) is 6. The van der Waals surface area contributed by atoms with Gasteiger partial charge in [-0.15, -0.1) is 11.8 Å². The molecule has 3 heterocycles. The first-order valence-corrected chi connectivity index (χ1v) is 14.6. The molecule has 3 N–H and O–H groups in total. The molecule has 0 radical (unpaired) electrons. The Hall–Kier alpha value is -2.26. The van der Waals surface area contributed by atoms with Crippen LogP contribution in [0, 0.1) is 17.8 Å². The predicted octanol–water partition coefficient (Wildman–Crippen LogP) is 3.44. The normalized spacial score (nSPS) is 30.8. The monoisotopic (exact) mass is 531 g/mol. The van der Waals surface area contributed by atoms with Crippen LogP contribution >= 0.6 is 11.8 Å². The topological polar surface area (TPSA) is 108 Å². The lowest BCUT2D eigenvalue weighted by molar-refractivity contribution is -0.142. The number of nitrogens with zero attached hydrogens (tertiary/aromatic N) is 1. The van der Waals surface area contributed by atoms with Gasteiger partial charge in [-0.25, -0.2) is 0 Å². The van der Waals surface area contributed by atoms with Crippen LogP contribution in [0.4, 0.5) is 5.69 Å². The van der Waals surface area contributed by atoms with Crippen LogP contribution in [0.5, 0.6) is 5.75 Å². The zero-order valence-corrected chi connectivity index (χ0v) is 23.2. The van der Waals surface area contributed by atoms with Crippen molar-refractivity contribution in [2.24, 2.45) is 17.8 Å². The standard InChI is InChI=1S/C28H41N3O5S/c1-5-8-9-14-29-26(34)24-28-17(4)15-21(37-28)22(23(28)27(35)31(24)19(6-2)16-32)25(33)30-18-10-12-20(13-11-18)36-7-3/h10-13,17,19,21-24,32H,5-9,14-16H2,1-4H3,(H,29,34)(H,30,33)/t17?,19-,21+,22-,23-,24?,28?/m0/s1. The molecule has 7 atom stereocenters. The average molecular weight is 532 g/mol. The van der Waals surface area contributed by atoms with Gasteiger partial charge < -0.3 is 25.4 Å². The van der Waals surface area contributed by atoms with Crippen LogP contribution in [-0.2, 0) is 14.4 Å². The van der Waals surface area contributed by atoms with Crippen molar-refractivity contribution in [1.82, 2.24) is 10.2 Å². The average Bonchev–Trinajstić information content (AvgIpc) is 3.48. The van der Waals surface area contributed by atoms with Gasteiger partial charge in [-0.2, -0.15) is 0 Å². The van der Waals surface area contributed by atoms with Gasteiger partial charge in [0.25, 0.3) is 0 Å². The Morgan fingerprint density at radius 3 is 2.54 bits per heavy atom. The number of amides is 3. The number of thioether (sulfide) groups is 1. The summed E-state index contributed by atoms with van der Waals surface area (Å²) in [5, 5.41) is 16.2. The second-order valence-corrected chi connectivity index (χ2v) is 12.0. The van der Waals surface area contributed by atoms with Gasteiger partial charge in [-0.3, -0.25) is 14.4 Å². The second kappa shape index (κ2) is 11.6. The molecule has 2 bridgehead atoms. The molecule has 37 heavy (non-hydrogen) atoms. The smallest absolute Gasteiger partial charge is 0.244 e. The maximum atomic E-state index is 14.1. The number of unbranched alkanes of at least 4 members (excludes halogenated alkanes) is 2. The predicted molar refractivity (Wildman–Crippen MR) is 145 cm³/mol. The number of aliphatic hydroxyl groups excluding tert-OH is 1. The van der Waals surface area contributed by atoms with E-state index in [-0.39, 0.29) is 35.5 Å². The third-order valence-electron chi connectivity index (χ3n) is 8.32. The Labute approximate surface area is 224 Å². The van der Waals surface area contributed by atoms with Crippen molar-refractivity contribution in [2.45, 2.75) is 81.9 Å². The fourth-order valence-electron chi connectivity index (χ4n) is 6.58.